The summed E-state index contributed by atoms with van der Waals surface area (Å²) in [4.78, 5) is 26.3. The van der Waals surface area contributed by atoms with E-state index in [4.69, 9.17) is 5.11 Å². The molecule has 4 rings (SSSR count). The van der Waals surface area contributed by atoms with Gasteiger partial charge in [0.2, 0.25) is 0 Å². The molecule has 36 heavy (non-hydrogen) atoms. The van der Waals surface area contributed by atoms with Gasteiger partial charge in [-0.1, -0.05) is 55.8 Å². The first-order valence-electron chi connectivity index (χ1n) is 12.3. The molecule has 0 aliphatic heterocycles. The average Bonchev–Trinajstić information content (AvgIpc) is 3.28. The van der Waals surface area contributed by atoms with Crippen LogP contribution in [0.5, 0.6) is 0 Å². The number of carbonyl (C=O) groups excluding carboxylic acids is 1. The van der Waals surface area contributed by atoms with E-state index < -0.39 is 5.97 Å². The number of aromatic nitrogens is 1. The molecule has 5 nitrogen and oxygen atoms in total. The van der Waals surface area contributed by atoms with Crippen molar-refractivity contribution < 1.29 is 19.1 Å². The van der Waals surface area contributed by atoms with Crippen LogP contribution < -0.4 is 5.32 Å². The molecule has 0 spiro atoms. The van der Waals surface area contributed by atoms with Crippen LogP contribution in [0, 0.1) is 12.7 Å². The number of nitrogens with one attached hydrogen (secondary N) is 2. The Kier molecular flexibility index (Phi) is 7.84. The van der Waals surface area contributed by atoms with Crippen molar-refractivity contribution in [2.24, 2.45) is 0 Å². The number of fused-ring (bicyclic) bond motifs is 1. The second-order valence-corrected chi connectivity index (χ2v) is 9.22. The molecule has 186 valence electrons. The van der Waals surface area contributed by atoms with Crippen molar-refractivity contribution in [2.75, 3.05) is 6.54 Å². The molecule has 0 bridgehead atoms. The summed E-state index contributed by atoms with van der Waals surface area (Å²) in [7, 11) is 0. The minimum absolute atomic E-state index is 0.0173. The number of hydrogen-bond donors (Lipinski definition) is 3. The third-order valence-electron chi connectivity index (χ3n) is 6.64. The van der Waals surface area contributed by atoms with Gasteiger partial charge in [-0.15, -0.1) is 0 Å². The molecule has 0 aliphatic rings. The molecule has 2 atom stereocenters. The van der Waals surface area contributed by atoms with E-state index in [1.807, 2.05) is 49.5 Å². The van der Waals surface area contributed by atoms with Gasteiger partial charge in [0.25, 0.3) is 5.91 Å². The number of carboxylic acid groups (broad SMARTS) is 1. The smallest absolute Gasteiger partial charge is 0.305 e. The first kappa shape index (κ1) is 25.2. The van der Waals surface area contributed by atoms with Gasteiger partial charge < -0.3 is 15.4 Å². The fraction of sp³-hybridized carbons (Fsp3) is 0.267. The highest BCUT2D eigenvalue weighted by molar-refractivity contribution is 5.94. The second-order valence-electron chi connectivity index (χ2n) is 9.22. The molecular formula is C30H31FN2O3. The third kappa shape index (κ3) is 5.48. The van der Waals surface area contributed by atoms with Gasteiger partial charge in [-0.3, -0.25) is 9.59 Å². The van der Waals surface area contributed by atoms with Gasteiger partial charge in [-0.2, -0.15) is 0 Å². The largest absolute Gasteiger partial charge is 0.481 e. The summed E-state index contributed by atoms with van der Waals surface area (Å²) in [6.07, 6.45) is 3.68. The molecule has 3 aromatic carbocycles. The van der Waals surface area contributed by atoms with Crippen LogP contribution in [-0.4, -0.2) is 28.5 Å². The van der Waals surface area contributed by atoms with Gasteiger partial charge in [-0.05, 0) is 65.8 Å². The van der Waals surface area contributed by atoms with Crippen LogP contribution in [0.2, 0.25) is 0 Å². The van der Waals surface area contributed by atoms with Crippen LogP contribution >= 0.6 is 0 Å². The number of H-pyrrole nitrogens is 1. The number of aliphatic carboxylic acids is 1. The first-order valence-corrected chi connectivity index (χ1v) is 12.3. The zero-order valence-corrected chi connectivity index (χ0v) is 20.6. The lowest BCUT2D eigenvalue weighted by Crippen LogP contribution is -2.26. The number of carbonyl (C=O) groups is 2. The van der Waals surface area contributed by atoms with Crippen molar-refractivity contribution in [1.29, 1.82) is 0 Å². The number of aryl methyl sites for hydroxylation is 1. The highest BCUT2D eigenvalue weighted by Gasteiger charge is 2.29. The van der Waals surface area contributed by atoms with Crippen molar-refractivity contribution >= 4 is 22.8 Å². The Balaban J connectivity index is 1.74. The molecule has 0 radical (unpaired) electrons. The summed E-state index contributed by atoms with van der Waals surface area (Å²) >= 11 is 0. The molecule has 1 heterocycles. The van der Waals surface area contributed by atoms with Crippen LogP contribution in [0.1, 0.15) is 70.6 Å². The molecule has 0 unspecified atom stereocenters. The molecule has 6 heteroatoms. The molecule has 0 saturated carbocycles. The average molecular weight is 487 g/mol. The number of carboxylic acids is 1. The highest BCUT2D eigenvalue weighted by atomic mass is 19.1. The molecule has 4 aromatic rings. The topological polar surface area (TPSA) is 82.2 Å². The Morgan fingerprint density at radius 2 is 1.75 bits per heavy atom. The molecule has 1 aromatic heterocycles. The van der Waals surface area contributed by atoms with Crippen LogP contribution in [0.3, 0.4) is 0 Å². The fourth-order valence-electron chi connectivity index (χ4n) is 4.99. The van der Waals surface area contributed by atoms with Gasteiger partial charge in [0.15, 0.2) is 0 Å². The van der Waals surface area contributed by atoms with Crippen LogP contribution in [0.4, 0.5) is 4.39 Å². The maximum atomic E-state index is 14.7. The lowest BCUT2D eigenvalue weighted by atomic mass is 9.75. The van der Waals surface area contributed by atoms with E-state index in [-0.39, 0.29) is 36.5 Å². The molecule has 3 N–H and O–H groups in total. The Bertz CT molecular complexity index is 1350. The first-order chi connectivity index (χ1) is 17.4. The van der Waals surface area contributed by atoms with Crippen LogP contribution in [-0.2, 0) is 4.79 Å². The third-order valence-corrected chi connectivity index (χ3v) is 6.64. The van der Waals surface area contributed by atoms with Gasteiger partial charge in [0, 0.05) is 29.6 Å². The van der Waals surface area contributed by atoms with E-state index in [9.17, 15) is 14.0 Å². The van der Waals surface area contributed by atoms with E-state index in [0.29, 0.717) is 11.1 Å². The SMILES string of the molecule is CCC[C@H](c1ccc(C(=O)NCCC(=O)O)cc1)[C@H](c1ccccc1)c1c[nH]c2c(F)cc(C)cc12. The second kappa shape index (κ2) is 11.2. The van der Waals surface area contributed by atoms with E-state index in [0.717, 1.165) is 40.5 Å². The van der Waals surface area contributed by atoms with E-state index >= 15 is 0 Å². The molecule has 0 saturated heterocycles. The number of rotatable bonds is 10. The number of hydrogen-bond acceptors (Lipinski definition) is 2. The minimum atomic E-state index is -0.952. The van der Waals surface area contributed by atoms with Crippen molar-refractivity contribution in [3.8, 4) is 0 Å². The summed E-state index contributed by atoms with van der Waals surface area (Å²) in [5.74, 6) is -1.42. The molecule has 0 aliphatic carbocycles. The lowest BCUT2D eigenvalue weighted by Gasteiger charge is -2.28. The van der Waals surface area contributed by atoms with Gasteiger partial charge >= 0.3 is 5.97 Å². The monoisotopic (exact) mass is 486 g/mol. The fourth-order valence-corrected chi connectivity index (χ4v) is 4.99. The highest BCUT2D eigenvalue weighted by Crippen LogP contribution is 2.44. The van der Waals surface area contributed by atoms with Gasteiger partial charge in [0.1, 0.15) is 5.82 Å². The van der Waals surface area contributed by atoms with Crippen molar-refractivity contribution in [2.45, 2.75) is 44.9 Å². The predicted molar refractivity (Wildman–Crippen MR) is 140 cm³/mol. The predicted octanol–water partition coefficient (Wildman–Crippen LogP) is 6.54. The Labute approximate surface area is 210 Å². The zero-order valence-electron chi connectivity index (χ0n) is 20.6. The van der Waals surface area contributed by atoms with E-state index in [2.05, 4.69) is 29.4 Å². The van der Waals surface area contributed by atoms with Crippen molar-refractivity contribution in [3.63, 3.8) is 0 Å². The summed E-state index contributed by atoms with van der Waals surface area (Å²) in [6.45, 7) is 4.14. The maximum absolute atomic E-state index is 14.7. The maximum Gasteiger partial charge on any atom is 0.305 e. The van der Waals surface area contributed by atoms with Crippen LogP contribution in [0.25, 0.3) is 10.9 Å². The summed E-state index contributed by atoms with van der Waals surface area (Å²) < 4.78 is 14.7. The van der Waals surface area contributed by atoms with Gasteiger partial charge in [0.05, 0.1) is 11.9 Å². The lowest BCUT2D eigenvalue weighted by molar-refractivity contribution is -0.136. The van der Waals surface area contributed by atoms with Crippen LogP contribution in [0.15, 0.2) is 72.9 Å². The Morgan fingerprint density at radius 1 is 1.03 bits per heavy atom. The Morgan fingerprint density at radius 3 is 2.42 bits per heavy atom. The number of aromatic amines is 1. The molecule has 0 fully saturated rings. The van der Waals surface area contributed by atoms with Crippen molar-refractivity contribution in [1.82, 2.24) is 10.3 Å². The number of amides is 1. The molecular weight excluding hydrogens is 455 g/mol. The van der Waals surface area contributed by atoms with Crippen molar-refractivity contribution in [3.05, 3.63) is 107 Å². The minimum Gasteiger partial charge on any atom is -0.481 e. The Hall–Kier alpha value is -3.93. The summed E-state index contributed by atoms with van der Waals surface area (Å²) in [6, 6.07) is 21.4. The van der Waals surface area contributed by atoms with E-state index in [1.165, 1.54) is 0 Å². The summed E-state index contributed by atoms with van der Waals surface area (Å²) in [5, 5.41) is 12.3. The molecule has 1 amide bonds. The number of benzene rings is 3. The van der Waals surface area contributed by atoms with E-state index in [1.54, 1.807) is 18.2 Å². The number of halogens is 1. The van der Waals surface area contributed by atoms with Gasteiger partial charge in [-0.25, -0.2) is 4.39 Å². The zero-order chi connectivity index (χ0) is 25.7. The quantitative estimate of drug-likeness (QED) is 0.238. The normalized spacial score (nSPS) is 12.9. The summed E-state index contributed by atoms with van der Waals surface area (Å²) in [5.41, 5.74) is 5.16. The standard InChI is InChI=1S/C30H31FN2O3/c1-3-7-23(20-10-12-22(13-11-20)30(36)32-15-14-27(34)35)28(21-8-5-4-6-9-21)25-18-33-29-24(25)16-19(2)17-26(29)31/h4-6,8-13,16-18,23,28,33H,3,7,14-15H2,1-2H3,(H,32,36)(H,34,35)/t23-,28+/m1/s1.